The lowest BCUT2D eigenvalue weighted by molar-refractivity contribution is -0.149. The van der Waals surface area contributed by atoms with E-state index in [0.717, 1.165) is 0 Å². The van der Waals surface area contributed by atoms with Crippen molar-refractivity contribution >= 4 is 11.8 Å². The van der Waals surface area contributed by atoms with Gasteiger partial charge < -0.3 is 9.84 Å². The summed E-state index contributed by atoms with van der Waals surface area (Å²) < 4.78 is 4.82. The molecule has 0 aromatic heterocycles. The van der Waals surface area contributed by atoms with Crippen LogP contribution in [0.25, 0.3) is 0 Å². The molecule has 0 aromatic carbocycles. The summed E-state index contributed by atoms with van der Waals surface area (Å²) in [6, 6.07) is 0. The summed E-state index contributed by atoms with van der Waals surface area (Å²) in [7, 11) is 1.31. The second-order valence-electron chi connectivity index (χ2n) is 4.31. The van der Waals surface area contributed by atoms with Crippen LogP contribution >= 0.6 is 0 Å². The fourth-order valence-electron chi connectivity index (χ4n) is 2.51. The number of rotatable bonds is 1. The van der Waals surface area contributed by atoms with E-state index in [2.05, 4.69) is 0 Å². The molecule has 2 unspecified atom stereocenters. The van der Waals surface area contributed by atoms with Gasteiger partial charge in [0, 0.05) is 5.57 Å². The zero-order valence-corrected chi connectivity index (χ0v) is 9.77. The van der Waals surface area contributed by atoms with E-state index in [1.54, 1.807) is 6.08 Å². The molecule has 90 valence electrons. The number of fused-ring (bicyclic) bond motifs is 1. The van der Waals surface area contributed by atoms with Crippen LogP contribution in [0.1, 0.15) is 13.3 Å². The first-order valence-electron chi connectivity index (χ1n) is 5.45. The first kappa shape index (κ1) is 11.6. The second kappa shape index (κ2) is 3.87. The maximum Gasteiger partial charge on any atom is 0.320 e. The number of carbonyl (C=O) groups is 2. The molecule has 0 aliphatic heterocycles. The zero-order valence-electron chi connectivity index (χ0n) is 9.77. The molecule has 0 aromatic rings. The molecule has 0 radical (unpaired) electrons. The van der Waals surface area contributed by atoms with Crippen molar-refractivity contribution in [2.45, 2.75) is 13.3 Å². The molecule has 0 amide bonds. The summed E-state index contributed by atoms with van der Waals surface area (Å²) in [6.45, 7) is 1.86. The molecule has 2 atom stereocenters. The number of hydrogen-bond donors (Lipinski definition) is 1. The van der Waals surface area contributed by atoms with Gasteiger partial charge in [0.1, 0.15) is 5.41 Å². The van der Waals surface area contributed by atoms with Gasteiger partial charge >= 0.3 is 5.97 Å². The first-order valence-corrected chi connectivity index (χ1v) is 5.45. The average molecular weight is 234 g/mol. The summed E-state index contributed by atoms with van der Waals surface area (Å²) in [5, 5.41) is 9.84. The predicted octanol–water partition coefficient (Wildman–Crippen LogP) is 1.69. The molecule has 1 N–H and O–H groups in total. The Labute approximate surface area is 99.3 Å². The molecule has 2 aliphatic rings. The standard InChI is InChI=1S/C13H14O4/c1-8-4-3-5-9-11(15)10(14)6-7-13(8,9)12(16)17-2/h3-4,6-8,15H,5H2,1-2H3. The minimum Gasteiger partial charge on any atom is -0.504 e. The largest absolute Gasteiger partial charge is 0.504 e. The summed E-state index contributed by atoms with van der Waals surface area (Å²) in [4.78, 5) is 23.5. The Morgan fingerprint density at radius 2 is 2.29 bits per heavy atom. The Kier molecular flexibility index (Phi) is 2.65. The van der Waals surface area contributed by atoms with Crippen molar-refractivity contribution in [2.75, 3.05) is 7.11 Å². The molecule has 2 rings (SSSR count). The van der Waals surface area contributed by atoms with Crippen molar-refractivity contribution < 1.29 is 19.4 Å². The highest BCUT2D eigenvalue weighted by atomic mass is 16.5. The van der Waals surface area contributed by atoms with Crippen LogP contribution in [0.15, 0.2) is 35.6 Å². The molecular weight excluding hydrogens is 220 g/mol. The van der Waals surface area contributed by atoms with Crippen LogP contribution in [0.3, 0.4) is 0 Å². The maximum atomic E-state index is 12.0. The average Bonchev–Trinajstić information content (AvgIpc) is 2.34. The molecule has 17 heavy (non-hydrogen) atoms. The number of carbonyl (C=O) groups excluding carboxylic acids is 2. The SMILES string of the molecule is COC(=O)C12C=CC(=O)C(O)=C1CC=CC2C. The van der Waals surface area contributed by atoms with Gasteiger partial charge in [-0.05, 0) is 18.4 Å². The van der Waals surface area contributed by atoms with E-state index in [4.69, 9.17) is 4.74 Å². The van der Waals surface area contributed by atoms with E-state index in [0.29, 0.717) is 12.0 Å². The summed E-state index contributed by atoms with van der Waals surface area (Å²) in [5.41, 5.74) is -0.589. The number of ether oxygens (including phenoxy) is 1. The van der Waals surface area contributed by atoms with Gasteiger partial charge in [0.25, 0.3) is 0 Å². The van der Waals surface area contributed by atoms with Crippen LogP contribution in [0.2, 0.25) is 0 Å². The fraction of sp³-hybridized carbons (Fsp3) is 0.385. The van der Waals surface area contributed by atoms with Crippen LogP contribution in [0.5, 0.6) is 0 Å². The molecule has 0 saturated heterocycles. The molecule has 0 saturated carbocycles. The monoisotopic (exact) mass is 234 g/mol. The minimum absolute atomic E-state index is 0.148. The molecule has 0 fully saturated rings. The highest BCUT2D eigenvalue weighted by molar-refractivity contribution is 6.06. The Morgan fingerprint density at radius 3 is 2.94 bits per heavy atom. The van der Waals surface area contributed by atoms with Crippen LogP contribution in [-0.2, 0) is 14.3 Å². The third-order valence-corrected chi connectivity index (χ3v) is 3.50. The van der Waals surface area contributed by atoms with Crippen molar-refractivity contribution in [2.24, 2.45) is 11.3 Å². The van der Waals surface area contributed by atoms with Crippen LogP contribution in [0, 0.1) is 11.3 Å². The number of esters is 1. The number of hydrogen-bond acceptors (Lipinski definition) is 4. The summed E-state index contributed by atoms with van der Waals surface area (Å²) >= 11 is 0. The number of ketones is 1. The van der Waals surface area contributed by atoms with Crippen LogP contribution < -0.4 is 0 Å². The van der Waals surface area contributed by atoms with E-state index < -0.39 is 17.2 Å². The quantitative estimate of drug-likeness (QED) is 0.554. The summed E-state index contributed by atoms with van der Waals surface area (Å²) in [6.07, 6.45) is 6.93. The van der Waals surface area contributed by atoms with Gasteiger partial charge in [0.2, 0.25) is 5.78 Å². The van der Waals surface area contributed by atoms with Gasteiger partial charge in [-0.2, -0.15) is 0 Å². The van der Waals surface area contributed by atoms with Crippen molar-refractivity contribution in [1.29, 1.82) is 0 Å². The van der Waals surface area contributed by atoms with E-state index in [-0.39, 0.29) is 11.7 Å². The van der Waals surface area contributed by atoms with Crippen LogP contribution in [0.4, 0.5) is 0 Å². The Bertz CT molecular complexity index is 470. The van der Waals surface area contributed by atoms with E-state index in [9.17, 15) is 14.7 Å². The molecule has 0 bridgehead atoms. The van der Waals surface area contributed by atoms with Crippen molar-refractivity contribution in [3.05, 3.63) is 35.6 Å². The number of allylic oxidation sites excluding steroid dienone is 3. The first-order chi connectivity index (χ1) is 8.04. The third-order valence-electron chi connectivity index (χ3n) is 3.50. The minimum atomic E-state index is -1.03. The van der Waals surface area contributed by atoms with Crippen molar-refractivity contribution in [3.63, 3.8) is 0 Å². The third kappa shape index (κ3) is 1.44. The number of methoxy groups -OCH3 is 1. The topological polar surface area (TPSA) is 63.6 Å². The molecule has 4 heteroatoms. The highest BCUT2D eigenvalue weighted by Gasteiger charge is 2.49. The van der Waals surface area contributed by atoms with Crippen molar-refractivity contribution in [1.82, 2.24) is 0 Å². The molecule has 0 heterocycles. The van der Waals surface area contributed by atoms with Gasteiger partial charge in [-0.15, -0.1) is 0 Å². The van der Waals surface area contributed by atoms with Crippen LogP contribution in [-0.4, -0.2) is 24.0 Å². The molecule has 4 nitrogen and oxygen atoms in total. The lowest BCUT2D eigenvalue weighted by Gasteiger charge is -2.38. The second-order valence-corrected chi connectivity index (χ2v) is 4.31. The number of aliphatic hydroxyl groups excluding tert-OH is 1. The molecular formula is C13H14O4. The van der Waals surface area contributed by atoms with Crippen molar-refractivity contribution in [3.8, 4) is 0 Å². The van der Waals surface area contributed by atoms with Gasteiger partial charge in [0.15, 0.2) is 5.76 Å². The van der Waals surface area contributed by atoms with E-state index >= 15 is 0 Å². The molecule has 0 spiro atoms. The normalized spacial score (nSPS) is 31.4. The van der Waals surface area contributed by atoms with Gasteiger partial charge in [-0.25, -0.2) is 0 Å². The Hall–Kier alpha value is -1.84. The lowest BCUT2D eigenvalue weighted by Crippen LogP contribution is -2.42. The molecule has 2 aliphatic carbocycles. The van der Waals surface area contributed by atoms with Gasteiger partial charge in [-0.3, -0.25) is 9.59 Å². The lowest BCUT2D eigenvalue weighted by atomic mass is 9.64. The Balaban J connectivity index is 2.65. The summed E-state index contributed by atoms with van der Waals surface area (Å²) in [5.74, 6) is -1.37. The fourth-order valence-corrected chi connectivity index (χ4v) is 2.51. The van der Waals surface area contributed by atoms with Gasteiger partial charge in [0.05, 0.1) is 7.11 Å². The van der Waals surface area contributed by atoms with E-state index in [1.807, 2.05) is 19.1 Å². The zero-order chi connectivity index (χ0) is 12.6. The number of aliphatic hydroxyl groups is 1. The smallest absolute Gasteiger partial charge is 0.320 e. The van der Waals surface area contributed by atoms with E-state index in [1.165, 1.54) is 13.2 Å². The Morgan fingerprint density at radius 1 is 1.59 bits per heavy atom. The van der Waals surface area contributed by atoms with Gasteiger partial charge in [-0.1, -0.05) is 25.2 Å². The highest BCUT2D eigenvalue weighted by Crippen LogP contribution is 2.47. The predicted molar refractivity (Wildman–Crippen MR) is 61.2 cm³/mol. The maximum absolute atomic E-state index is 12.0.